The van der Waals surface area contributed by atoms with Gasteiger partial charge in [0, 0.05) is 17.1 Å². The quantitative estimate of drug-likeness (QED) is 0.732. The molecule has 1 aromatic carbocycles. The van der Waals surface area contributed by atoms with E-state index in [9.17, 15) is 9.59 Å². The number of fused-ring (bicyclic) bond motifs is 1. The molecule has 0 aliphatic heterocycles. The minimum atomic E-state index is -0.483. The van der Waals surface area contributed by atoms with Gasteiger partial charge in [-0.25, -0.2) is 4.79 Å². The van der Waals surface area contributed by atoms with Crippen LogP contribution in [-0.4, -0.2) is 23.6 Å². The van der Waals surface area contributed by atoms with Crippen LogP contribution in [0, 0.1) is 0 Å². The van der Waals surface area contributed by atoms with Crippen molar-refractivity contribution in [2.75, 3.05) is 7.11 Å². The van der Waals surface area contributed by atoms with Gasteiger partial charge in [0.25, 0.3) is 0 Å². The van der Waals surface area contributed by atoms with Crippen LogP contribution in [0.25, 0.3) is 10.9 Å². The van der Waals surface area contributed by atoms with Gasteiger partial charge in [0.2, 0.25) is 5.91 Å². The fraction of sp³-hybridized carbons (Fsp3) is 0.222. The zero-order valence-electron chi connectivity index (χ0n) is 13.5. The van der Waals surface area contributed by atoms with Crippen molar-refractivity contribution < 1.29 is 18.7 Å². The smallest absolute Gasteiger partial charge is 0.340 e. The van der Waals surface area contributed by atoms with Crippen LogP contribution >= 0.6 is 0 Å². The highest BCUT2D eigenvalue weighted by atomic mass is 16.5. The molecule has 0 spiro atoms. The average molecular weight is 326 g/mol. The van der Waals surface area contributed by atoms with Gasteiger partial charge in [0.1, 0.15) is 11.8 Å². The number of nitrogens with one attached hydrogen (secondary N) is 1. The largest absolute Gasteiger partial charge is 0.467 e. The van der Waals surface area contributed by atoms with Crippen LogP contribution < -0.4 is 5.32 Å². The Kier molecular flexibility index (Phi) is 4.37. The zero-order valence-corrected chi connectivity index (χ0v) is 13.5. The number of nitrogens with zero attached hydrogens (tertiary/aromatic N) is 1. The number of carbonyl (C=O) groups excluding carboxylic acids is 2. The molecule has 1 N–H and O–H groups in total. The van der Waals surface area contributed by atoms with Crippen molar-refractivity contribution in [3.8, 4) is 0 Å². The molecule has 3 rings (SSSR count). The highest BCUT2D eigenvalue weighted by molar-refractivity contribution is 6.04. The Labute approximate surface area is 139 Å². The van der Waals surface area contributed by atoms with Crippen molar-refractivity contribution in [2.45, 2.75) is 19.5 Å². The zero-order chi connectivity index (χ0) is 17.1. The SMILES string of the molecule is COC(=O)c1cn([C@H](C)C(=O)NCc2ccco2)c2ccccc12. The molecule has 6 heteroatoms. The molecule has 2 heterocycles. The molecule has 3 aromatic rings. The Morgan fingerprint density at radius 3 is 2.75 bits per heavy atom. The molecule has 0 saturated carbocycles. The molecule has 0 fully saturated rings. The van der Waals surface area contributed by atoms with Gasteiger partial charge < -0.3 is 19.0 Å². The van der Waals surface area contributed by atoms with Gasteiger partial charge in [-0.2, -0.15) is 0 Å². The van der Waals surface area contributed by atoms with E-state index in [0.717, 1.165) is 10.9 Å². The number of furan rings is 1. The third-order valence-corrected chi connectivity index (χ3v) is 3.96. The van der Waals surface area contributed by atoms with Crippen LogP contribution in [0.1, 0.15) is 29.1 Å². The summed E-state index contributed by atoms with van der Waals surface area (Å²) in [7, 11) is 1.34. The molecule has 1 atom stereocenters. The van der Waals surface area contributed by atoms with E-state index in [1.54, 1.807) is 36.1 Å². The summed E-state index contributed by atoms with van der Waals surface area (Å²) in [4.78, 5) is 24.4. The van der Waals surface area contributed by atoms with E-state index in [0.29, 0.717) is 17.9 Å². The molecule has 1 amide bonds. The number of esters is 1. The Morgan fingerprint density at radius 2 is 2.04 bits per heavy atom. The first-order valence-corrected chi connectivity index (χ1v) is 7.59. The van der Waals surface area contributed by atoms with Crippen molar-refractivity contribution in [2.24, 2.45) is 0 Å². The van der Waals surface area contributed by atoms with Crippen molar-refractivity contribution >= 4 is 22.8 Å². The third kappa shape index (κ3) is 2.90. The predicted octanol–water partition coefficient (Wildman–Crippen LogP) is 2.90. The summed E-state index contributed by atoms with van der Waals surface area (Å²) in [6.07, 6.45) is 3.22. The van der Waals surface area contributed by atoms with Gasteiger partial charge in [-0.3, -0.25) is 4.79 Å². The highest BCUT2D eigenvalue weighted by Crippen LogP contribution is 2.25. The summed E-state index contributed by atoms with van der Waals surface area (Å²) >= 11 is 0. The maximum absolute atomic E-state index is 12.4. The number of carbonyl (C=O) groups is 2. The Balaban J connectivity index is 1.87. The van der Waals surface area contributed by atoms with Gasteiger partial charge in [0.05, 0.1) is 25.5 Å². The van der Waals surface area contributed by atoms with Crippen LogP contribution in [0.5, 0.6) is 0 Å². The molecule has 6 nitrogen and oxygen atoms in total. The molecule has 0 unspecified atom stereocenters. The number of hydrogen-bond acceptors (Lipinski definition) is 4. The van der Waals surface area contributed by atoms with E-state index in [4.69, 9.17) is 9.15 Å². The number of amides is 1. The molecule has 0 saturated heterocycles. The first-order chi connectivity index (χ1) is 11.6. The number of benzene rings is 1. The highest BCUT2D eigenvalue weighted by Gasteiger charge is 2.21. The third-order valence-electron chi connectivity index (χ3n) is 3.96. The van der Waals surface area contributed by atoms with E-state index in [2.05, 4.69) is 5.32 Å². The monoisotopic (exact) mass is 326 g/mol. The summed E-state index contributed by atoms with van der Waals surface area (Å²) < 4.78 is 11.8. The standard InChI is InChI=1S/C18H18N2O4/c1-12(17(21)19-10-13-6-5-9-24-13)20-11-15(18(22)23-2)14-7-3-4-8-16(14)20/h3-9,11-12H,10H2,1-2H3,(H,19,21)/t12-/m1/s1. The molecular weight excluding hydrogens is 308 g/mol. The van der Waals surface area contributed by atoms with Crippen LogP contribution in [0.3, 0.4) is 0 Å². The maximum atomic E-state index is 12.4. The summed E-state index contributed by atoms with van der Waals surface area (Å²) in [5.74, 6) is 0.0971. The first kappa shape index (κ1) is 15.9. The summed E-state index contributed by atoms with van der Waals surface area (Å²) in [5.41, 5.74) is 1.25. The van der Waals surface area contributed by atoms with Crippen molar-refractivity contribution in [3.05, 3.63) is 60.2 Å². The number of hydrogen-bond donors (Lipinski definition) is 1. The van der Waals surface area contributed by atoms with Crippen LogP contribution in [0.4, 0.5) is 0 Å². The maximum Gasteiger partial charge on any atom is 0.340 e. The number of ether oxygens (including phenoxy) is 1. The molecular formula is C18H18N2O4. The lowest BCUT2D eigenvalue weighted by Gasteiger charge is -2.14. The summed E-state index contributed by atoms with van der Waals surface area (Å²) in [5, 5.41) is 3.59. The van der Waals surface area contributed by atoms with Crippen molar-refractivity contribution in [3.63, 3.8) is 0 Å². The predicted molar refractivity (Wildman–Crippen MR) is 88.5 cm³/mol. The number of methoxy groups -OCH3 is 1. The molecule has 124 valence electrons. The van der Waals surface area contributed by atoms with Crippen LogP contribution in [-0.2, 0) is 16.1 Å². The molecule has 2 aromatic heterocycles. The van der Waals surface area contributed by atoms with E-state index < -0.39 is 12.0 Å². The normalized spacial score (nSPS) is 12.1. The lowest BCUT2D eigenvalue weighted by molar-refractivity contribution is -0.124. The second-order valence-electron chi connectivity index (χ2n) is 5.43. The number of aromatic nitrogens is 1. The summed E-state index contributed by atoms with van der Waals surface area (Å²) in [6.45, 7) is 2.10. The van der Waals surface area contributed by atoms with E-state index in [1.165, 1.54) is 7.11 Å². The fourth-order valence-corrected chi connectivity index (χ4v) is 2.66. The number of para-hydroxylation sites is 1. The molecule has 0 radical (unpaired) electrons. The topological polar surface area (TPSA) is 73.5 Å². The van der Waals surface area contributed by atoms with Gasteiger partial charge in [-0.1, -0.05) is 18.2 Å². The Hall–Kier alpha value is -3.02. The minimum Gasteiger partial charge on any atom is -0.467 e. The molecule has 24 heavy (non-hydrogen) atoms. The second-order valence-corrected chi connectivity index (χ2v) is 5.43. The van der Waals surface area contributed by atoms with Crippen molar-refractivity contribution in [1.82, 2.24) is 9.88 Å². The van der Waals surface area contributed by atoms with Gasteiger partial charge in [-0.05, 0) is 25.1 Å². The van der Waals surface area contributed by atoms with E-state index in [1.807, 2.05) is 24.3 Å². The minimum absolute atomic E-state index is 0.163. The molecule has 0 bridgehead atoms. The first-order valence-electron chi connectivity index (χ1n) is 7.59. The molecule has 0 aliphatic carbocycles. The molecule has 0 aliphatic rings. The van der Waals surface area contributed by atoms with Gasteiger partial charge in [0.15, 0.2) is 0 Å². The Bertz CT molecular complexity index is 864. The van der Waals surface area contributed by atoms with Crippen LogP contribution in [0.2, 0.25) is 0 Å². The van der Waals surface area contributed by atoms with Crippen LogP contribution in [0.15, 0.2) is 53.3 Å². The number of rotatable bonds is 5. The van der Waals surface area contributed by atoms with E-state index >= 15 is 0 Å². The average Bonchev–Trinajstić information content (AvgIpc) is 3.26. The lowest BCUT2D eigenvalue weighted by atomic mass is 10.2. The van der Waals surface area contributed by atoms with Gasteiger partial charge >= 0.3 is 5.97 Å². The Morgan fingerprint density at radius 1 is 1.25 bits per heavy atom. The summed E-state index contributed by atoms with van der Waals surface area (Å²) in [6, 6.07) is 10.5. The van der Waals surface area contributed by atoms with E-state index in [-0.39, 0.29) is 5.91 Å². The van der Waals surface area contributed by atoms with Gasteiger partial charge in [-0.15, -0.1) is 0 Å². The second kappa shape index (κ2) is 6.62. The lowest BCUT2D eigenvalue weighted by Crippen LogP contribution is -2.30. The van der Waals surface area contributed by atoms with Crippen molar-refractivity contribution in [1.29, 1.82) is 0 Å². The fourth-order valence-electron chi connectivity index (χ4n) is 2.66.